The molecule has 0 fully saturated rings. The van der Waals surface area contributed by atoms with Crippen molar-refractivity contribution in [1.82, 2.24) is 0 Å². The van der Waals surface area contributed by atoms with E-state index in [-0.39, 0.29) is 0 Å². The summed E-state index contributed by atoms with van der Waals surface area (Å²) < 4.78 is 0. The van der Waals surface area contributed by atoms with E-state index < -0.39 is 5.41 Å². The standard InChI is InChI=1S/C13H9Cl2N/c14-10-5-4-6-11(15)12(10)13(9-16)7-2-1-3-8-13/h1-7H,8H2. The van der Waals surface area contributed by atoms with Gasteiger partial charge in [0.1, 0.15) is 5.41 Å². The molecule has 1 aliphatic carbocycles. The lowest BCUT2D eigenvalue weighted by Crippen LogP contribution is -2.22. The van der Waals surface area contributed by atoms with Crippen LogP contribution in [0.4, 0.5) is 0 Å². The van der Waals surface area contributed by atoms with Crippen LogP contribution in [0.15, 0.2) is 42.5 Å². The summed E-state index contributed by atoms with van der Waals surface area (Å²) in [5.41, 5.74) is -0.0362. The number of halogens is 2. The number of hydrogen-bond acceptors (Lipinski definition) is 1. The third-order valence-corrected chi connectivity index (χ3v) is 3.31. The molecule has 1 atom stereocenters. The van der Waals surface area contributed by atoms with Gasteiger partial charge in [-0.15, -0.1) is 0 Å². The Kier molecular flexibility index (Phi) is 3.05. The zero-order valence-corrected chi connectivity index (χ0v) is 9.96. The van der Waals surface area contributed by atoms with Crippen LogP contribution in [-0.4, -0.2) is 0 Å². The van der Waals surface area contributed by atoms with Gasteiger partial charge < -0.3 is 0 Å². The van der Waals surface area contributed by atoms with Gasteiger partial charge in [-0.1, -0.05) is 53.6 Å². The number of nitrogens with zero attached hydrogens (tertiary/aromatic N) is 1. The topological polar surface area (TPSA) is 23.8 Å². The predicted molar refractivity (Wildman–Crippen MR) is 66.7 cm³/mol. The lowest BCUT2D eigenvalue weighted by atomic mass is 9.77. The third kappa shape index (κ3) is 1.75. The van der Waals surface area contributed by atoms with E-state index in [4.69, 9.17) is 23.2 Å². The van der Waals surface area contributed by atoms with Crippen LogP contribution in [0.2, 0.25) is 10.0 Å². The Balaban J connectivity index is 2.63. The molecule has 0 heterocycles. The van der Waals surface area contributed by atoms with Gasteiger partial charge in [-0.05, 0) is 18.6 Å². The molecular formula is C13H9Cl2N. The summed E-state index contributed by atoms with van der Waals surface area (Å²) in [7, 11) is 0. The first-order valence-electron chi connectivity index (χ1n) is 4.90. The Labute approximate surface area is 105 Å². The second-order valence-corrected chi connectivity index (χ2v) is 4.49. The van der Waals surface area contributed by atoms with E-state index in [9.17, 15) is 5.26 Å². The van der Waals surface area contributed by atoms with Gasteiger partial charge in [0.05, 0.1) is 6.07 Å². The van der Waals surface area contributed by atoms with Crippen molar-refractivity contribution in [2.75, 3.05) is 0 Å². The highest BCUT2D eigenvalue weighted by Gasteiger charge is 2.33. The van der Waals surface area contributed by atoms with Gasteiger partial charge in [-0.25, -0.2) is 0 Å². The fourth-order valence-corrected chi connectivity index (χ4v) is 2.60. The minimum Gasteiger partial charge on any atom is -0.197 e. The number of allylic oxidation sites excluding steroid dienone is 4. The maximum Gasteiger partial charge on any atom is 0.107 e. The second-order valence-electron chi connectivity index (χ2n) is 3.67. The maximum atomic E-state index is 9.39. The average molecular weight is 250 g/mol. The van der Waals surface area contributed by atoms with E-state index in [1.807, 2.05) is 24.3 Å². The van der Waals surface area contributed by atoms with Gasteiger partial charge in [0, 0.05) is 15.6 Å². The summed E-state index contributed by atoms with van der Waals surface area (Å²) in [5, 5.41) is 10.5. The fourth-order valence-electron chi connectivity index (χ4n) is 1.87. The van der Waals surface area contributed by atoms with Crippen molar-refractivity contribution >= 4 is 23.2 Å². The number of benzene rings is 1. The first-order chi connectivity index (χ1) is 7.69. The summed E-state index contributed by atoms with van der Waals surface area (Å²) in [5.74, 6) is 0. The van der Waals surface area contributed by atoms with Gasteiger partial charge in [0.25, 0.3) is 0 Å². The summed E-state index contributed by atoms with van der Waals surface area (Å²) in [6.07, 6.45) is 8.17. The molecule has 80 valence electrons. The second kappa shape index (κ2) is 4.33. The van der Waals surface area contributed by atoms with Gasteiger partial charge >= 0.3 is 0 Å². The molecule has 0 saturated heterocycles. The van der Waals surface area contributed by atoms with Crippen molar-refractivity contribution in [1.29, 1.82) is 5.26 Å². The van der Waals surface area contributed by atoms with Crippen LogP contribution in [0.1, 0.15) is 12.0 Å². The normalized spacial score (nSPS) is 23.1. The Bertz CT molecular complexity index is 491. The van der Waals surface area contributed by atoms with E-state index in [0.29, 0.717) is 22.0 Å². The zero-order valence-electron chi connectivity index (χ0n) is 8.45. The highest BCUT2D eigenvalue weighted by Crippen LogP contribution is 2.40. The molecule has 0 spiro atoms. The van der Waals surface area contributed by atoms with Crippen molar-refractivity contribution in [2.24, 2.45) is 0 Å². The summed E-state index contributed by atoms with van der Waals surface area (Å²) >= 11 is 12.3. The van der Waals surface area contributed by atoms with E-state index in [0.717, 1.165) is 0 Å². The number of nitriles is 1. The Morgan fingerprint density at radius 2 is 1.88 bits per heavy atom. The molecule has 0 N–H and O–H groups in total. The predicted octanol–water partition coefficient (Wildman–Crippen LogP) is 4.27. The number of hydrogen-bond donors (Lipinski definition) is 0. The fraction of sp³-hybridized carbons (Fsp3) is 0.154. The molecule has 1 unspecified atom stereocenters. The van der Waals surface area contributed by atoms with Crippen molar-refractivity contribution in [3.05, 3.63) is 58.1 Å². The van der Waals surface area contributed by atoms with E-state index in [2.05, 4.69) is 6.07 Å². The summed E-state index contributed by atoms with van der Waals surface area (Å²) in [4.78, 5) is 0. The van der Waals surface area contributed by atoms with Crippen LogP contribution in [0.3, 0.4) is 0 Å². The lowest BCUT2D eigenvalue weighted by Gasteiger charge is -2.25. The number of rotatable bonds is 1. The largest absolute Gasteiger partial charge is 0.197 e. The quantitative estimate of drug-likeness (QED) is 0.730. The molecule has 0 radical (unpaired) electrons. The SMILES string of the molecule is N#CC1(c2c(Cl)cccc2Cl)C=CC=CC1. The van der Waals surface area contributed by atoms with E-state index >= 15 is 0 Å². The van der Waals surface area contributed by atoms with E-state index in [1.165, 1.54) is 0 Å². The molecule has 0 bridgehead atoms. The van der Waals surface area contributed by atoms with Crippen molar-refractivity contribution in [3.8, 4) is 6.07 Å². The Morgan fingerprint density at radius 3 is 2.38 bits per heavy atom. The summed E-state index contributed by atoms with van der Waals surface area (Å²) in [6.45, 7) is 0. The molecule has 0 aliphatic heterocycles. The van der Waals surface area contributed by atoms with Crippen LogP contribution in [0.5, 0.6) is 0 Å². The first kappa shape index (κ1) is 11.3. The highest BCUT2D eigenvalue weighted by atomic mass is 35.5. The van der Waals surface area contributed by atoms with Crippen LogP contribution in [-0.2, 0) is 5.41 Å². The smallest absolute Gasteiger partial charge is 0.107 e. The third-order valence-electron chi connectivity index (χ3n) is 2.68. The van der Waals surface area contributed by atoms with Crippen LogP contribution in [0, 0.1) is 11.3 Å². The monoisotopic (exact) mass is 249 g/mol. The average Bonchev–Trinajstić information content (AvgIpc) is 2.30. The molecule has 2 rings (SSSR count). The Morgan fingerprint density at radius 1 is 1.19 bits per heavy atom. The van der Waals surface area contributed by atoms with E-state index in [1.54, 1.807) is 18.2 Å². The lowest BCUT2D eigenvalue weighted by molar-refractivity contribution is 0.691. The first-order valence-corrected chi connectivity index (χ1v) is 5.65. The maximum absolute atomic E-state index is 9.39. The van der Waals surface area contributed by atoms with Gasteiger partial charge in [0.15, 0.2) is 0 Å². The van der Waals surface area contributed by atoms with Crippen molar-refractivity contribution in [2.45, 2.75) is 11.8 Å². The molecule has 3 heteroatoms. The van der Waals surface area contributed by atoms with Crippen molar-refractivity contribution < 1.29 is 0 Å². The minimum absolute atomic E-state index is 0.536. The van der Waals surface area contributed by atoms with Gasteiger partial charge in [-0.2, -0.15) is 5.26 Å². The molecule has 1 aliphatic rings. The minimum atomic E-state index is -0.732. The molecule has 1 aromatic rings. The molecule has 1 aromatic carbocycles. The highest BCUT2D eigenvalue weighted by molar-refractivity contribution is 6.36. The van der Waals surface area contributed by atoms with Crippen molar-refractivity contribution in [3.63, 3.8) is 0 Å². The Hall–Kier alpha value is -1.23. The van der Waals surface area contributed by atoms with Crippen LogP contribution < -0.4 is 0 Å². The van der Waals surface area contributed by atoms with Gasteiger partial charge in [0.2, 0.25) is 0 Å². The van der Waals surface area contributed by atoms with Crippen LogP contribution >= 0.6 is 23.2 Å². The summed E-state index contributed by atoms with van der Waals surface area (Å²) in [6, 6.07) is 7.60. The molecule has 0 amide bonds. The van der Waals surface area contributed by atoms with Gasteiger partial charge in [-0.3, -0.25) is 0 Å². The molecule has 0 aromatic heterocycles. The van der Waals surface area contributed by atoms with Crippen LogP contribution in [0.25, 0.3) is 0 Å². The molecule has 16 heavy (non-hydrogen) atoms. The molecular weight excluding hydrogens is 241 g/mol. The molecule has 0 saturated carbocycles. The zero-order chi connectivity index (χ0) is 11.6. The molecule has 1 nitrogen and oxygen atoms in total.